The lowest BCUT2D eigenvalue weighted by atomic mass is 9.98. The van der Waals surface area contributed by atoms with Gasteiger partial charge in [-0.2, -0.15) is 0 Å². The molecular formula is C17H23N3O. The molecule has 2 aromatic heterocycles. The molecule has 0 aromatic carbocycles. The van der Waals surface area contributed by atoms with E-state index >= 15 is 0 Å². The summed E-state index contributed by atoms with van der Waals surface area (Å²) in [4.78, 5) is 9.50. The summed E-state index contributed by atoms with van der Waals surface area (Å²) in [5.41, 5.74) is 2.13. The highest BCUT2D eigenvalue weighted by atomic mass is 16.5. The molecule has 2 fully saturated rings. The summed E-state index contributed by atoms with van der Waals surface area (Å²) in [6.45, 7) is 1.82. The predicted octanol–water partition coefficient (Wildman–Crippen LogP) is 3.52. The molecule has 0 amide bonds. The van der Waals surface area contributed by atoms with Crippen LogP contribution in [0.15, 0.2) is 18.3 Å². The second-order valence-electron chi connectivity index (χ2n) is 6.47. The van der Waals surface area contributed by atoms with E-state index in [1.54, 1.807) is 0 Å². The number of hydrogen-bond acceptors (Lipinski definition) is 3. The van der Waals surface area contributed by atoms with Crippen molar-refractivity contribution in [2.75, 3.05) is 13.2 Å². The molecule has 2 aliphatic rings. The molecular weight excluding hydrogens is 262 g/mol. The van der Waals surface area contributed by atoms with Crippen molar-refractivity contribution in [3.63, 3.8) is 0 Å². The van der Waals surface area contributed by atoms with Gasteiger partial charge in [0.2, 0.25) is 0 Å². The molecule has 21 heavy (non-hydrogen) atoms. The first-order valence-corrected chi connectivity index (χ1v) is 8.31. The van der Waals surface area contributed by atoms with E-state index < -0.39 is 0 Å². The Labute approximate surface area is 125 Å². The van der Waals surface area contributed by atoms with Crippen LogP contribution in [-0.4, -0.2) is 27.7 Å². The summed E-state index contributed by atoms with van der Waals surface area (Å²) in [5.74, 6) is 1.85. The number of ether oxygens (including phenoxy) is 1. The van der Waals surface area contributed by atoms with Gasteiger partial charge in [-0.25, -0.2) is 9.97 Å². The molecule has 1 unspecified atom stereocenters. The molecule has 4 nitrogen and oxygen atoms in total. The van der Waals surface area contributed by atoms with Crippen molar-refractivity contribution in [1.82, 2.24) is 14.5 Å². The van der Waals surface area contributed by atoms with Gasteiger partial charge in [-0.15, -0.1) is 0 Å². The quantitative estimate of drug-likeness (QED) is 0.866. The normalized spacial score (nSPS) is 23.9. The number of rotatable bonds is 3. The average molecular weight is 285 g/mol. The lowest BCUT2D eigenvalue weighted by Crippen LogP contribution is -2.21. The van der Waals surface area contributed by atoms with Gasteiger partial charge >= 0.3 is 0 Å². The van der Waals surface area contributed by atoms with Crippen LogP contribution in [0.2, 0.25) is 0 Å². The highest BCUT2D eigenvalue weighted by molar-refractivity contribution is 5.71. The zero-order chi connectivity index (χ0) is 14.1. The lowest BCUT2D eigenvalue weighted by Gasteiger charge is -2.23. The molecule has 0 radical (unpaired) electrons. The molecule has 2 aromatic rings. The third-order valence-corrected chi connectivity index (χ3v) is 4.94. The number of hydrogen-bond donors (Lipinski definition) is 0. The molecule has 4 rings (SSSR count). The highest BCUT2D eigenvalue weighted by Crippen LogP contribution is 2.34. The third-order valence-electron chi connectivity index (χ3n) is 4.94. The molecule has 0 spiro atoms. The number of nitrogens with zero attached hydrogens (tertiary/aromatic N) is 3. The van der Waals surface area contributed by atoms with Gasteiger partial charge in [-0.1, -0.05) is 12.8 Å². The van der Waals surface area contributed by atoms with Crippen molar-refractivity contribution in [2.45, 2.75) is 51.0 Å². The molecule has 112 valence electrons. The van der Waals surface area contributed by atoms with Gasteiger partial charge in [-0.3, -0.25) is 0 Å². The van der Waals surface area contributed by atoms with Gasteiger partial charge in [-0.05, 0) is 43.7 Å². The number of fused-ring (bicyclic) bond motifs is 1. The largest absolute Gasteiger partial charge is 0.381 e. The standard InChI is InChI=1S/C17H23N3O/c1-2-7-14(6-1)20-16(11-13-5-4-10-21-12-13)19-15-8-3-9-18-17(15)20/h3,8-9,13-14H,1-2,4-7,10-12H2. The average Bonchev–Trinajstić information content (AvgIpc) is 3.14. The highest BCUT2D eigenvalue weighted by Gasteiger charge is 2.25. The van der Waals surface area contributed by atoms with Gasteiger partial charge in [0.1, 0.15) is 11.3 Å². The van der Waals surface area contributed by atoms with Crippen LogP contribution in [0.3, 0.4) is 0 Å². The summed E-state index contributed by atoms with van der Waals surface area (Å²) in [7, 11) is 0. The summed E-state index contributed by atoms with van der Waals surface area (Å²) in [6, 6.07) is 4.68. The Bertz CT molecular complexity index is 610. The van der Waals surface area contributed by atoms with Crippen LogP contribution in [-0.2, 0) is 11.2 Å². The minimum absolute atomic E-state index is 0.601. The maximum Gasteiger partial charge on any atom is 0.160 e. The van der Waals surface area contributed by atoms with Gasteiger partial charge < -0.3 is 9.30 Å². The predicted molar refractivity (Wildman–Crippen MR) is 82.3 cm³/mol. The summed E-state index contributed by atoms with van der Waals surface area (Å²) in [5, 5.41) is 0. The molecule has 3 heterocycles. The first-order valence-electron chi connectivity index (χ1n) is 8.31. The monoisotopic (exact) mass is 285 g/mol. The molecule has 0 bridgehead atoms. The third kappa shape index (κ3) is 2.57. The van der Waals surface area contributed by atoms with Crippen molar-refractivity contribution in [2.24, 2.45) is 5.92 Å². The second-order valence-corrected chi connectivity index (χ2v) is 6.47. The van der Waals surface area contributed by atoms with Crippen molar-refractivity contribution in [1.29, 1.82) is 0 Å². The fourth-order valence-electron chi connectivity index (χ4n) is 3.89. The Morgan fingerprint density at radius 2 is 2.10 bits per heavy atom. The first kappa shape index (κ1) is 13.3. The molecule has 1 aliphatic carbocycles. The van der Waals surface area contributed by atoms with E-state index in [9.17, 15) is 0 Å². The van der Waals surface area contributed by atoms with Crippen molar-refractivity contribution >= 4 is 11.2 Å². The van der Waals surface area contributed by atoms with E-state index in [0.29, 0.717) is 12.0 Å². The van der Waals surface area contributed by atoms with Crippen LogP contribution in [0.25, 0.3) is 11.2 Å². The van der Waals surface area contributed by atoms with E-state index in [-0.39, 0.29) is 0 Å². The smallest absolute Gasteiger partial charge is 0.160 e. The number of aromatic nitrogens is 3. The van der Waals surface area contributed by atoms with Crippen molar-refractivity contribution in [3.05, 3.63) is 24.2 Å². The summed E-state index contributed by atoms with van der Waals surface area (Å²) < 4.78 is 8.08. The first-order chi connectivity index (χ1) is 10.4. The van der Waals surface area contributed by atoms with Gasteiger partial charge in [0, 0.05) is 31.9 Å². The maximum absolute atomic E-state index is 5.64. The van der Waals surface area contributed by atoms with Crippen LogP contribution >= 0.6 is 0 Å². The van der Waals surface area contributed by atoms with Crippen molar-refractivity contribution in [3.8, 4) is 0 Å². The molecule has 1 aliphatic heterocycles. The Morgan fingerprint density at radius 3 is 2.90 bits per heavy atom. The summed E-state index contributed by atoms with van der Waals surface area (Å²) in [6.07, 6.45) is 10.6. The van der Waals surface area contributed by atoms with E-state index in [1.807, 2.05) is 12.3 Å². The molecule has 1 saturated heterocycles. The Morgan fingerprint density at radius 1 is 1.19 bits per heavy atom. The molecule has 1 saturated carbocycles. The van der Waals surface area contributed by atoms with Gasteiger partial charge in [0.25, 0.3) is 0 Å². The van der Waals surface area contributed by atoms with E-state index in [1.165, 1.54) is 44.3 Å². The Balaban J connectivity index is 1.70. The minimum Gasteiger partial charge on any atom is -0.381 e. The van der Waals surface area contributed by atoms with Gasteiger partial charge in [0.05, 0.1) is 0 Å². The SMILES string of the molecule is c1cnc2c(c1)nc(CC1CCCOC1)n2C1CCCC1. The summed E-state index contributed by atoms with van der Waals surface area (Å²) >= 11 is 0. The Hall–Kier alpha value is -1.42. The Kier molecular flexibility index (Phi) is 3.63. The molecule has 1 atom stereocenters. The zero-order valence-corrected chi connectivity index (χ0v) is 12.5. The lowest BCUT2D eigenvalue weighted by molar-refractivity contribution is 0.0539. The fraction of sp³-hybridized carbons (Fsp3) is 0.647. The number of imidazole rings is 1. The van der Waals surface area contributed by atoms with Crippen LogP contribution in [0.5, 0.6) is 0 Å². The maximum atomic E-state index is 5.64. The molecule has 0 N–H and O–H groups in total. The number of pyridine rings is 1. The topological polar surface area (TPSA) is 39.9 Å². The fourth-order valence-corrected chi connectivity index (χ4v) is 3.89. The van der Waals surface area contributed by atoms with Crippen LogP contribution in [0, 0.1) is 5.92 Å². The van der Waals surface area contributed by atoms with Crippen LogP contribution in [0.1, 0.15) is 50.4 Å². The zero-order valence-electron chi connectivity index (χ0n) is 12.5. The van der Waals surface area contributed by atoms with E-state index in [2.05, 4.69) is 15.6 Å². The second kappa shape index (κ2) is 5.76. The van der Waals surface area contributed by atoms with Crippen molar-refractivity contribution < 1.29 is 4.74 Å². The molecule has 4 heteroatoms. The van der Waals surface area contributed by atoms with E-state index in [0.717, 1.165) is 30.8 Å². The van der Waals surface area contributed by atoms with Crippen LogP contribution in [0.4, 0.5) is 0 Å². The minimum atomic E-state index is 0.601. The van der Waals surface area contributed by atoms with Gasteiger partial charge in [0.15, 0.2) is 5.65 Å². The van der Waals surface area contributed by atoms with Crippen LogP contribution < -0.4 is 0 Å². The van der Waals surface area contributed by atoms with E-state index in [4.69, 9.17) is 9.72 Å².